The number of benzene rings is 4. The van der Waals surface area contributed by atoms with Crippen LogP contribution in [0.3, 0.4) is 0 Å². The fraction of sp³-hybridized carbons (Fsp3) is 0.194. The van der Waals surface area contributed by atoms with E-state index in [9.17, 15) is 18.0 Å². The first-order valence-corrected chi connectivity index (χ1v) is 12.5. The molecule has 0 atom stereocenters. The van der Waals surface area contributed by atoms with Crippen LogP contribution in [-0.4, -0.2) is 23.8 Å². The molecule has 0 aliphatic rings. The molecule has 0 aliphatic carbocycles. The maximum atomic E-state index is 14.0. The predicted octanol–water partition coefficient (Wildman–Crippen LogP) is 8.13. The number of carbonyl (C=O) groups is 1. The predicted molar refractivity (Wildman–Crippen MR) is 142 cm³/mol. The molecule has 4 aromatic carbocycles. The summed E-state index contributed by atoms with van der Waals surface area (Å²) < 4.78 is 55.2. The van der Waals surface area contributed by atoms with Gasteiger partial charge in [0.05, 0.1) is 18.8 Å². The monoisotopic (exact) mass is 517 g/mol. The first-order chi connectivity index (χ1) is 18.4. The lowest BCUT2D eigenvalue weighted by atomic mass is 9.96. The maximum Gasteiger partial charge on any atom is 0.417 e. The van der Waals surface area contributed by atoms with Crippen LogP contribution < -0.4 is 4.74 Å². The summed E-state index contributed by atoms with van der Waals surface area (Å²) in [7, 11) is 0. The Kier molecular flexibility index (Phi) is 7.09. The molecule has 0 amide bonds. The van der Waals surface area contributed by atoms with Crippen molar-refractivity contribution in [1.82, 2.24) is 4.57 Å². The van der Waals surface area contributed by atoms with Gasteiger partial charge in [-0.05, 0) is 42.5 Å². The number of para-hydroxylation sites is 1. The Bertz CT molecular complexity index is 1600. The summed E-state index contributed by atoms with van der Waals surface area (Å²) in [5, 5.41) is 2.63. The molecule has 0 N–H and O–H groups in total. The van der Waals surface area contributed by atoms with Gasteiger partial charge in [0.1, 0.15) is 11.4 Å². The van der Waals surface area contributed by atoms with Crippen LogP contribution in [0.2, 0.25) is 0 Å². The molecule has 7 heteroatoms. The van der Waals surface area contributed by atoms with E-state index in [-0.39, 0.29) is 23.4 Å². The van der Waals surface area contributed by atoms with Crippen molar-refractivity contribution in [3.05, 3.63) is 102 Å². The molecule has 0 aliphatic heterocycles. The van der Waals surface area contributed by atoms with Crippen LogP contribution in [0.15, 0.2) is 91.0 Å². The van der Waals surface area contributed by atoms with E-state index in [1.807, 2.05) is 48.5 Å². The third-order valence-corrected chi connectivity index (χ3v) is 6.47. The summed E-state index contributed by atoms with van der Waals surface area (Å²) in [5.41, 5.74) is 0.141. The summed E-state index contributed by atoms with van der Waals surface area (Å²) in [5.74, 6) is 0.0940. The standard InChI is InChI=1S/C31H26F3NO3/c1-2-37-30(36)29-28(23-14-5-7-16-25(23)31(32,33)34)24-15-6-8-17-26(24)35(29)19-10-20-38-27-18-9-12-21-11-3-4-13-22(21)27/h3-9,11-18H,2,10,19-20H2,1H3. The second kappa shape index (κ2) is 10.6. The van der Waals surface area contributed by atoms with Crippen molar-refractivity contribution in [3.63, 3.8) is 0 Å². The van der Waals surface area contributed by atoms with Crippen molar-refractivity contribution < 1.29 is 27.4 Å². The van der Waals surface area contributed by atoms with Gasteiger partial charge < -0.3 is 14.0 Å². The molecule has 0 bridgehead atoms. The van der Waals surface area contributed by atoms with Crippen LogP contribution in [0.25, 0.3) is 32.8 Å². The molecule has 0 radical (unpaired) electrons. The highest BCUT2D eigenvalue weighted by Crippen LogP contribution is 2.42. The third kappa shape index (κ3) is 4.84. The normalized spacial score (nSPS) is 11.7. The van der Waals surface area contributed by atoms with Crippen molar-refractivity contribution in [2.45, 2.75) is 26.1 Å². The Morgan fingerprint density at radius 3 is 2.32 bits per heavy atom. The molecule has 4 nitrogen and oxygen atoms in total. The van der Waals surface area contributed by atoms with Gasteiger partial charge in [0.15, 0.2) is 0 Å². The molecular formula is C31H26F3NO3. The number of aromatic nitrogens is 1. The van der Waals surface area contributed by atoms with Crippen LogP contribution in [0.4, 0.5) is 13.2 Å². The average molecular weight is 518 g/mol. The minimum atomic E-state index is -4.59. The largest absolute Gasteiger partial charge is 0.493 e. The van der Waals surface area contributed by atoms with Crippen LogP contribution in [0, 0.1) is 0 Å². The molecular weight excluding hydrogens is 491 g/mol. The van der Waals surface area contributed by atoms with Gasteiger partial charge in [-0.3, -0.25) is 0 Å². The first-order valence-electron chi connectivity index (χ1n) is 12.5. The Morgan fingerprint density at radius 2 is 1.53 bits per heavy atom. The van der Waals surface area contributed by atoms with E-state index in [1.54, 1.807) is 35.8 Å². The second-order valence-corrected chi connectivity index (χ2v) is 8.84. The van der Waals surface area contributed by atoms with Crippen molar-refractivity contribution >= 4 is 27.6 Å². The zero-order valence-electron chi connectivity index (χ0n) is 20.8. The number of hydrogen-bond donors (Lipinski definition) is 0. The number of rotatable bonds is 8. The van der Waals surface area contributed by atoms with E-state index in [0.717, 1.165) is 22.6 Å². The van der Waals surface area contributed by atoms with Gasteiger partial charge in [0, 0.05) is 28.4 Å². The zero-order valence-corrected chi connectivity index (χ0v) is 20.8. The van der Waals surface area contributed by atoms with Crippen LogP contribution in [0.5, 0.6) is 5.75 Å². The van der Waals surface area contributed by atoms with Crippen molar-refractivity contribution in [2.75, 3.05) is 13.2 Å². The molecule has 0 fully saturated rings. The topological polar surface area (TPSA) is 40.5 Å². The molecule has 38 heavy (non-hydrogen) atoms. The zero-order chi connectivity index (χ0) is 26.7. The van der Waals surface area contributed by atoms with Crippen molar-refractivity contribution in [3.8, 4) is 16.9 Å². The fourth-order valence-electron chi connectivity index (χ4n) is 4.89. The highest BCUT2D eigenvalue weighted by molar-refractivity contribution is 6.09. The van der Waals surface area contributed by atoms with E-state index in [1.165, 1.54) is 12.1 Å². The molecule has 5 aromatic rings. The number of halogens is 3. The lowest BCUT2D eigenvalue weighted by Crippen LogP contribution is -2.15. The number of carbonyl (C=O) groups excluding carboxylic acids is 1. The van der Waals surface area contributed by atoms with Gasteiger partial charge >= 0.3 is 12.1 Å². The molecule has 194 valence electrons. The minimum Gasteiger partial charge on any atom is -0.493 e. The van der Waals surface area contributed by atoms with Gasteiger partial charge in [-0.25, -0.2) is 4.79 Å². The maximum absolute atomic E-state index is 14.0. The summed E-state index contributed by atoms with van der Waals surface area (Å²) in [4.78, 5) is 13.2. The van der Waals surface area contributed by atoms with Crippen LogP contribution in [-0.2, 0) is 17.5 Å². The number of ether oxygens (including phenoxy) is 2. The Hall–Kier alpha value is -4.26. The summed E-state index contributed by atoms with van der Waals surface area (Å²) in [6.45, 7) is 2.49. The smallest absolute Gasteiger partial charge is 0.417 e. The Labute approximate surface area is 218 Å². The van der Waals surface area contributed by atoms with Gasteiger partial charge in [-0.1, -0.05) is 72.8 Å². The lowest BCUT2D eigenvalue weighted by molar-refractivity contribution is -0.137. The van der Waals surface area contributed by atoms with Crippen molar-refractivity contribution in [2.24, 2.45) is 0 Å². The van der Waals surface area contributed by atoms with E-state index >= 15 is 0 Å². The number of hydrogen-bond acceptors (Lipinski definition) is 3. The third-order valence-electron chi connectivity index (χ3n) is 6.47. The fourth-order valence-corrected chi connectivity index (χ4v) is 4.89. The van der Waals surface area contributed by atoms with Gasteiger partial charge in [0.2, 0.25) is 0 Å². The Morgan fingerprint density at radius 1 is 0.842 bits per heavy atom. The number of nitrogens with zero attached hydrogens (tertiary/aromatic N) is 1. The van der Waals surface area contributed by atoms with Gasteiger partial charge in [0.25, 0.3) is 0 Å². The van der Waals surface area contributed by atoms with Gasteiger partial charge in [-0.2, -0.15) is 13.2 Å². The summed E-state index contributed by atoms with van der Waals surface area (Å²) in [6, 6.07) is 26.2. The molecule has 5 rings (SSSR count). The number of alkyl halides is 3. The molecule has 0 unspecified atom stereocenters. The summed E-state index contributed by atoms with van der Waals surface area (Å²) in [6.07, 6.45) is -4.06. The number of aryl methyl sites for hydroxylation is 1. The quantitative estimate of drug-likeness (QED) is 0.154. The lowest BCUT2D eigenvalue weighted by Gasteiger charge is -2.15. The summed E-state index contributed by atoms with van der Waals surface area (Å²) >= 11 is 0. The van der Waals surface area contributed by atoms with Crippen LogP contribution >= 0.6 is 0 Å². The molecule has 0 spiro atoms. The number of esters is 1. The van der Waals surface area contributed by atoms with E-state index < -0.39 is 17.7 Å². The molecule has 1 heterocycles. The van der Waals surface area contributed by atoms with E-state index in [0.29, 0.717) is 30.5 Å². The molecule has 0 saturated heterocycles. The van der Waals surface area contributed by atoms with Crippen LogP contribution in [0.1, 0.15) is 29.4 Å². The van der Waals surface area contributed by atoms with E-state index in [2.05, 4.69) is 0 Å². The highest BCUT2D eigenvalue weighted by Gasteiger charge is 2.36. The number of fused-ring (bicyclic) bond motifs is 2. The van der Waals surface area contributed by atoms with Gasteiger partial charge in [-0.15, -0.1) is 0 Å². The molecule has 0 saturated carbocycles. The minimum absolute atomic E-state index is 0.0509. The SMILES string of the molecule is CCOC(=O)c1c(-c2ccccc2C(F)(F)F)c2ccccc2n1CCCOc1cccc2ccccc12. The first kappa shape index (κ1) is 25.4. The second-order valence-electron chi connectivity index (χ2n) is 8.84. The Balaban J connectivity index is 1.54. The highest BCUT2D eigenvalue weighted by atomic mass is 19.4. The van der Waals surface area contributed by atoms with Crippen molar-refractivity contribution in [1.29, 1.82) is 0 Å². The molecule has 1 aromatic heterocycles. The average Bonchev–Trinajstić information content (AvgIpc) is 3.25. The van der Waals surface area contributed by atoms with E-state index in [4.69, 9.17) is 9.47 Å².